The summed E-state index contributed by atoms with van der Waals surface area (Å²) in [6.45, 7) is 10.7. The summed E-state index contributed by atoms with van der Waals surface area (Å²) in [5, 5.41) is 0. The molecule has 8 heteroatoms. The van der Waals surface area contributed by atoms with Gasteiger partial charge in [-0.25, -0.2) is 13.2 Å². The van der Waals surface area contributed by atoms with Crippen molar-refractivity contribution in [1.29, 1.82) is 0 Å². The molecule has 0 saturated heterocycles. The maximum absolute atomic E-state index is 11.0. The van der Waals surface area contributed by atoms with Crippen molar-refractivity contribution in [3.8, 4) is 0 Å². The third-order valence-electron chi connectivity index (χ3n) is 1.77. The second-order valence-electron chi connectivity index (χ2n) is 4.06. The maximum atomic E-state index is 11.0. The van der Waals surface area contributed by atoms with E-state index in [0.717, 1.165) is 6.54 Å². The summed E-state index contributed by atoms with van der Waals surface area (Å²) in [4.78, 5) is 13.1. The van der Waals surface area contributed by atoms with Gasteiger partial charge in [0.15, 0.2) is 0 Å². The molecule has 0 fully saturated rings. The van der Waals surface area contributed by atoms with E-state index in [1.165, 1.54) is 20.8 Å². The normalized spacial score (nSPS) is 12.3. The van der Waals surface area contributed by atoms with E-state index in [-0.39, 0.29) is 12.2 Å². The van der Waals surface area contributed by atoms with Gasteiger partial charge < -0.3 is 9.64 Å². The number of rotatable bonds is 7. The van der Waals surface area contributed by atoms with Crippen LogP contribution in [0.3, 0.4) is 0 Å². The van der Waals surface area contributed by atoms with Crippen molar-refractivity contribution in [3.05, 3.63) is 12.2 Å². The first kappa shape index (κ1) is 21.3. The highest BCUT2D eigenvalue weighted by Crippen LogP contribution is 2.05. The molecule has 7 nitrogen and oxygen atoms in total. The van der Waals surface area contributed by atoms with Crippen molar-refractivity contribution < 1.29 is 26.3 Å². The van der Waals surface area contributed by atoms with Crippen LogP contribution in [-0.4, -0.2) is 52.8 Å². The Morgan fingerprint density at radius 1 is 1.30 bits per heavy atom. The fraction of sp³-hybridized carbons (Fsp3) is 0.750. The highest BCUT2D eigenvalue weighted by molar-refractivity contribution is 7.81. The lowest BCUT2D eigenvalue weighted by molar-refractivity contribution is -0.156. The summed E-state index contributed by atoms with van der Waals surface area (Å²) in [6.07, 6.45) is -1.24. The summed E-state index contributed by atoms with van der Waals surface area (Å²) in [6, 6.07) is 0. The number of ether oxygens (including phenoxy) is 1. The van der Waals surface area contributed by atoms with Crippen molar-refractivity contribution in [2.45, 2.75) is 34.0 Å². The standard InChI is InChI=1S/C8H14O6S.C4H11N/c1-5-12-15(10,11)14-7(4)13-8(9)6(2)3;1-4-5(2)3/h7H,2,5H2,1,3-4H3;4H2,1-3H3. The molecule has 0 radical (unpaired) electrons. The second kappa shape index (κ2) is 10.8. The van der Waals surface area contributed by atoms with Crippen molar-refractivity contribution in [1.82, 2.24) is 4.90 Å². The van der Waals surface area contributed by atoms with Crippen molar-refractivity contribution in [3.63, 3.8) is 0 Å². The van der Waals surface area contributed by atoms with E-state index >= 15 is 0 Å². The van der Waals surface area contributed by atoms with Gasteiger partial charge in [0, 0.05) is 5.57 Å². The predicted octanol–water partition coefficient (Wildman–Crippen LogP) is 1.32. The Labute approximate surface area is 121 Å². The molecule has 1 unspecified atom stereocenters. The minimum absolute atomic E-state index is 0.0521. The van der Waals surface area contributed by atoms with Crippen molar-refractivity contribution in [2.24, 2.45) is 0 Å². The highest BCUT2D eigenvalue weighted by atomic mass is 32.3. The summed E-state index contributed by atoms with van der Waals surface area (Å²) in [5.74, 6) is -0.728. The summed E-state index contributed by atoms with van der Waals surface area (Å²) < 4.78 is 35.1. The van der Waals surface area contributed by atoms with Crippen LogP contribution in [0, 0.1) is 0 Å². The van der Waals surface area contributed by atoms with Gasteiger partial charge in [-0.2, -0.15) is 8.42 Å². The van der Waals surface area contributed by atoms with E-state index in [1.54, 1.807) is 0 Å². The first-order valence-corrected chi connectivity index (χ1v) is 7.47. The summed E-state index contributed by atoms with van der Waals surface area (Å²) in [7, 11) is 0.00202. The van der Waals surface area contributed by atoms with Gasteiger partial charge in [0.05, 0.1) is 6.61 Å². The van der Waals surface area contributed by atoms with E-state index in [1.807, 2.05) is 0 Å². The average Bonchev–Trinajstić information content (AvgIpc) is 2.28. The molecular weight excluding hydrogens is 286 g/mol. The van der Waals surface area contributed by atoms with Crippen LogP contribution in [0.1, 0.15) is 27.7 Å². The lowest BCUT2D eigenvalue weighted by atomic mass is 10.4. The average molecular weight is 311 g/mol. The molecule has 1 atom stereocenters. The zero-order valence-electron chi connectivity index (χ0n) is 13.0. The van der Waals surface area contributed by atoms with E-state index in [9.17, 15) is 13.2 Å². The van der Waals surface area contributed by atoms with Gasteiger partial charge in [-0.05, 0) is 41.4 Å². The topological polar surface area (TPSA) is 82.1 Å². The lowest BCUT2D eigenvalue weighted by Gasteiger charge is -2.12. The first-order chi connectivity index (χ1) is 9.05. The Morgan fingerprint density at radius 3 is 2.05 bits per heavy atom. The largest absolute Gasteiger partial charge is 0.431 e. The molecule has 0 rings (SSSR count). The third-order valence-corrected chi connectivity index (χ3v) is 2.80. The quantitative estimate of drug-likeness (QED) is 0.398. The third kappa shape index (κ3) is 13.5. The highest BCUT2D eigenvalue weighted by Gasteiger charge is 2.19. The molecule has 0 aromatic carbocycles. The van der Waals surface area contributed by atoms with Gasteiger partial charge in [-0.3, -0.25) is 0 Å². The number of hydrogen-bond acceptors (Lipinski definition) is 7. The van der Waals surface area contributed by atoms with Crippen LogP contribution in [0.25, 0.3) is 0 Å². The predicted molar refractivity (Wildman–Crippen MR) is 76.2 cm³/mol. The van der Waals surface area contributed by atoms with Gasteiger partial charge >= 0.3 is 16.4 Å². The Kier molecular flexibility index (Phi) is 11.5. The molecule has 0 aliphatic heterocycles. The smallest absolute Gasteiger partial charge is 0.403 e. The zero-order chi connectivity index (χ0) is 16.3. The Morgan fingerprint density at radius 2 is 1.75 bits per heavy atom. The van der Waals surface area contributed by atoms with Crippen molar-refractivity contribution >= 4 is 16.4 Å². The molecule has 0 N–H and O–H groups in total. The molecule has 0 bridgehead atoms. The van der Waals surface area contributed by atoms with Crippen molar-refractivity contribution in [2.75, 3.05) is 27.2 Å². The van der Waals surface area contributed by atoms with Crippen LogP contribution in [0.15, 0.2) is 12.2 Å². The summed E-state index contributed by atoms with van der Waals surface area (Å²) >= 11 is 0. The molecule has 20 heavy (non-hydrogen) atoms. The Balaban J connectivity index is 0. The van der Waals surface area contributed by atoms with Crippen LogP contribution in [0.4, 0.5) is 0 Å². The Hall–Kier alpha value is -0.960. The molecule has 0 aromatic rings. The number of nitrogens with zero attached hydrogens (tertiary/aromatic N) is 1. The van der Waals surface area contributed by atoms with E-state index in [2.05, 4.69) is 45.6 Å². The Bertz CT molecular complexity index is 391. The molecule has 0 aromatic heterocycles. The molecule has 0 spiro atoms. The molecule has 0 saturated carbocycles. The van der Waals surface area contributed by atoms with Crippen LogP contribution in [0.5, 0.6) is 0 Å². The number of esters is 1. The van der Waals surface area contributed by atoms with E-state index < -0.39 is 22.7 Å². The fourth-order valence-corrected chi connectivity index (χ4v) is 1.32. The molecule has 120 valence electrons. The van der Waals surface area contributed by atoms with Gasteiger partial charge in [-0.15, -0.1) is 0 Å². The molecular formula is C12H25NO6S. The summed E-state index contributed by atoms with van der Waals surface area (Å²) in [5.41, 5.74) is 0.152. The zero-order valence-corrected chi connectivity index (χ0v) is 13.8. The number of hydrogen-bond donors (Lipinski definition) is 0. The van der Waals surface area contributed by atoms with Gasteiger partial charge in [-0.1, -0.05) is 13.5 Å². The fourth-order valence-electron chi connectivity index (χ4n) is 0.609. The van der Waals surface area contributed by atoms with E-state index in [0.29, 0.717) is 0 Å². The van der Waals surface area contributed by atoms with Crippen LogP contribution in [-0.2, 0) is 28.3 Å². The van der Waals surface area contributed by atoms with Gasteiger partial charge in [0.25, 0.3) is 0 Å². The number of carbonyl (C=O) groups excluding carboxylic acids is 1. The lowest BCUT2D eigenvalue weighted by Crippen LogP contribution is -2.23. The van der Waals surface area contributed by atoms with Crippen LogP contribution < -0.4 is 0 Å². The van der Waals surface area contributed by atoms with E-state index in [4.69, 9.17) is 0 Å². The van der Waals surface area contributed by atoms with Crippen LogP contribution in [0.2, 0.25) is 0 Å². The number of carbonyl (C=O) groups is 1. The molecule has 0 heterocycles. The minimum Gasteiger partial charge on any atom is -0.431 e. The molecule has 0 aliphatic rings. The monoisotopic (exact) mass is 311 g/mol. The second-order valence-corrected chi connectivity index (χ2v) is 5.30. The minimum atomic E-state index is -4.11. The van der Waals surface area contributed by atoms with Crippen LogP contribution >= 0.6 is 0 Å². The SMILES string of the molecule is C=C(C)C(=O)OC(C)OS(=O)(=O)OCC.CCN(C)C. The molecule has 0 amide bonds. The first-order valence-electron chi connectivity index (χ1n) is 6.14. The van der Waals surface area contributed by atoms with Gasteiger partial charge in [0.1, 0.15) is 0 Å². The molecule has 0 aliphatic carbocycles. The van der Waals surface area contributed by atoms with Gasteiger partial charge in [0.2, 0.25) is 6.29 Å². The maximum Gasteiger partial charge on any atom is 0.403 e.